The summed E-state index contributed by atoms with van der Waals surface area (Å²) >= 11 is 0. The van der Waals surface area contributed by atoms with Gasteiger partial charge in [-0.15, -0.1) is 0 Å². The van der Waals surface area contributed by atoms with E-state index in [0.29, 0.717) is 6.61 Å². The van der Waals surface area contributed by atoms with E-state index in [1.54, 1.807) is 23.9 Å². The summed E-state index contributed by atoms with van der Waals surface area (Å²) in [6.07, 6.45) is 4.87. The van der Waals surface area contributed by atoms with Gasteiger partial charge in [0.2, 0.25) is 0 Å². The minimum absolute atomic E-state index is 0.0796. The summed E-state index contributed by atoms with van der Waals surface area (Å²) in [6, 6.07) is 5.14. The van der Waals surface area contributed by atoms with Gasteiger partial charge in [-0.05, 0) is 12.5 Å². The van der Waals surface area contributed by atoms with Crippen LogP contribution in [0.5, 0.6) is 0 Å². The number of aromatic nitrogens is 2. The van der Waals surface area contributed by atoms with E-state index in [0.717, 1.165) is 36.4 Å². The van der Waals surface area contributed by atoms with Gasteiger partial charge in [0.15, 0.2) is 0 Å². The molecule has 0 spiro atoms. The number of hydrogen-bond donors (Lipinski definition) is 1. The molecule has 0 saturated carbocycles. The minimum Gasteiger partial charge on any atom is -0.380 e. The Morgan fingerprint density at radius 3 is 3.00 bits per heavy atom. The van der Waals surface area contributed by atoms with Gasteiger partial charge < -0.3 is 15.0 Å². The molecule has 1 saturated heterocycles. The molecule has 0 aliphatic carbocycles. The van der Waals surface area contributed by atoms with Crippen molar-refractivity contribution in [3.63, 3.8) is 0 Å². The van der Waals surface area contributed by atoms with Crippen molar-refractivity contribution in [2.75, 3.05) is 30.4 Å². The molecule has 1 fully saturated rings. The Morgan fingerprint density at radius 2 is 2.33 bits per heavy atom. The van der Waals surface area contributed by atoms with Crippen LogP contribution >= 0.6 is 0 Å². The molecule has 24 heavy (non-hydrogen) atoms. The van der Waals surface area contributed by atoms with E-state index in [2.05, 4.69) is 15.3 Å². The van der Waals surface area contributed by atoms with Crippen LogP contribution in [0.1, 0.15) is 12.0 Å². The Labute approximate surface area is 140 Å². The van der Waals surface area contributed by atoms with E-state index in [4.69, 9.17) is 4.74 Å². The van der Waals surface area contributed by atoms with Crippen LogP contribution in [0.25, 0.3) is 0 Å². The van der Waals surface area contributed by atoms with Gasteiger partial charge in [-0.1, -0.05) is 0 Å². The predicted octanol–water partition coefficient (Wildman–Crippen LogP) is 2.17. The highest BCUT2D eigenvalue weighted by Gasteiger charge is 2.24. The lowest BCUT2D eigenvalue weighted by Crippen LogP contribution is -2.26. The van der Waals surface area contributed by atoms with Crippen LogP contribution in [0.15, 0.2) is 30.6 Å². The fourth-order valence-electron chi connectivity index (χ4n) is 3.01. The first-order valence-electron chi connectivity index (χ1n) is 7.83. The van der Waals surface area contributed by atoms with Crippen LogP contribution in [0, 0.1) is 10.1 Å². The fraction of sp³-hybridized carbons (Fsp3) is 0.438. The number of aryl methyl sites for hydroxylation is 1. The number of benzene rings is 1. The van der Waals surface area contributed by atoms with Crippen molar-refractivity contribution >= 4 is 17.1 Å². The van der Waals surface area contributed by atoms with Gasteiger partial charge >= 0.3 is 0 Å². The van der Waals surface area contributed by atoms with E-state index in [-0.39, 0.29) is 16.7 Å². The summed E-state index contributed by atoms with van der Waals surface area (Å²) in [5, 5.41) is 18.6. The van der Waals surface area contributed by atoms with Crippen molar-refractivity contribution in [3.8, 4) is 0 Å². The zero-order valence-corrected chi connectivity index (χ0v) is 13.8. The molecule has 1 aliphatic heterocycles. The molecule has 0 unspecified atom stereocenters. The maximum absolute atomic E-state index is 10.9. The smallest absolute Gasteiger partial charge is 0.269 e. The van der Waals surface area contributed by atoms with Crippen LogP contribution in [-0.4, -0.2) is 40.9 Å². The average molecular weight is 331 g/mol. The van der Waals surface area contributed by atoms with E-state index >= 15 is 0 Å². The lowest BCUT2D eigenvalue weighted by atomic mass is 10.1. The third-order valence-corrected chi connectivity index (χ3v) is 4.20. The summed E-state index contributed by atoms with van der Waals surface area (Å²) in [7, 11) is 3.49. The quantitative estimate of drug-likeness (QED) is 0.645. The molecule has 1 aromatic carbocycles. The summed E-state index contributed by atoms with van der Waals surface area (Å²) in [4.78, 5) is 12.8. The summed E-state index contributed by atoms with van der Waals surface area (Å²) < 4.78 is 6.97. The molecular formula is C16H21N5O3. The second-order valence-electron chi connectivity index (χ2n) is 5.98. The molecular weight excluding hydrogens is 310 g/mol. The Balaban J connectivity index is 1.70. The first-order chi connectivity index (χ1) is 11.6. The second-order valence-corrected chi connectivity index (χ2v) is 5.98. The number of anilines is 2. The number of nitro benzene ring substituents is 1. The monoisotopic (exact) mass is 331 g/mol. The van der Waals surface area contributed by atoms with E-state index in [9.17, 15) is 10.1 Å². The molecule has 8 heteroatoms. The Morgan fingerprint density at radius 1 is 1.50 bits per heavy atom. The van der Waals surface area contributed by atoms with Gasteiger partial charge in [-0.2, -0.15) is 5.10 Å². The Hall–Kier alpha value is -2.61. The van der Waals surface area contributed by atoms with Crippen molar-refractivity contribution in [1.82, 2.24) is 9.78 Å². The van der Waals surface area contributed by atoms with Crippen LogP contribution in [0.4, 0.5) is 17.1 Å². The van der Waals surface area contributed by atoms with E-state index in [1.807, 2.05) is 19.4 Å². The van der Waals surface area contributed by atoms with Gasteiger partial charge in [0.25, 0.3) is 5.69 Å². The zero-order valence-electron chi connectivity index (χ0n) is 13.8. The molecule has 128 valence electrons. The number of ether oxygens (including phenoxy) is 1. The number of nitro groups is 1. The molecule has 8 nitrogen and oxygen atoms in total. The SMILES string of the molecule is COCc1cc([N+](=O)[O-])ccc1N[C@H]1CCN(c2cnn(C)c2)C1. The summed E-state index contributed by atoms with van der Waals surface area (Å²) in [5.41, 5.74) is 2.88. The first kappa shape index (κ1) is 16.3. The van der Waals surface area contributed by atoms with Crippen molar-refractivity contribution in [2.45, 2.75) is 19.1 Å². The lowest BCUT2D eigenvalue weighted by Gasteiger charge is -2.19. The maximum atomic E-state index is 10.9. The molecule has 1 aromatic heterocycles. The molecule has 1 N–H and O–H groups in total. The number of rotatable bonds is 6. The third-order valence-electron chi connectivity index (χ3n) is 4.20. The van der Waals surface area contributed by atoms with E-state index < -0.39 is 0 Å². The molecule has 3 rings (SSSR count). The summed E-state index contributed by atoms with van der Waals surface area (Å²) in [6.45, 7) is 2.16. The highest BCUT2D eigenvalue weighted by molar-refractivity contribution is 5.57. The summed E-state index contributed by atoms with van der Waals surface area (Å²) in [5.74, 6) is 0. The van der Waals surface area contributed by atoms with Crippen LogP contribution in [-0.2, 0) is 18.4 Å². The molecule has 2 heterocycles. The molecule has 0 bridgehead atoms. The predicted molar refractivity (Wildman–Crippen MR) is 91.3 cm³/mol. The van der Waals surface area contributed by atoms with Gasteiger partial charge in [0, 0.05) is 62.9 Å². The van der Waals surface area contributed by atoms with Crippen molar-refractivity contribution in [1.29, 1.82) is 0 Å². The highest BCUT2D eigenvalue weighted by atomic mass is 16.6. The van der Waals surface area contributed by atoms with Crippen molar-refractivity contribution < 1.29 is 9.66 Å². The number of nitrogens with zero attached hydrogens (tertiary/aromatic N) is 4. The zero-order chi connectivity index (χ0) is 17.1. The Bertz CT molecular complexity index is 730. The molecule has 1 atom stereocenters. The molecule has 1 aliphatic rings. The third kappa shape index (κ3) is 3.48. The largest absolute Gasteiger partial charge is 0.380 e. The molecule has 0 radical (unpaired) electrons. The van der Waals surface area contributed by atoms with Crippen LogP contribution in [0.3, 0.4) is 0 Å². The first-order valence-corrected chi connectivity index (χ1v) is 7.83. The van der Waals surface area contributed by atoms with Gasteiger partial charge in [0.1, 0.15) is 0 Å². The fourth-order valence-corrected chi connectivity index (χ4v) is 3.01. The van der Waals surface area contributed by atoms with Gasteiger partial charge in [-0.3, -0.25) is 14.8 Å². The van der Waals surface area contributed by atoms with E-state index in [1.165, 1.54) is 6.07 Å². The maximum Gasteiger partial charge on any atom is 0.269 e. The lowest BCUT2D eigenvalue weighted by molar-refractivity contribution is -0.384. The number of methoxy groups -OCH3 is 1. The molecule has 2 aromatic rings. The number of non-ortho nitro benzene ring substituents is 1. The Kier molecular flexibility index (Phi) is 4.66. The van der Waals surface area contributed by atoms with Gasteiger partial charge in [0.05, 0.1) is 23.4 Å². The van der Waals surface area contributed by atoms with Crippen LogP contribution < -0.4 is 10.2 Å². The standard InChI is InChI=1S/C16H21N5O3/c1-19-10-15(8-17-19)20-6-5-13(9-20)18-16-4-3-14(21(22)23)7-12(16)11-24-2/h3-4,7-8,10,13,18H,5-6,9,11H2,1-2H3/t13-/m0/s1. The van der Waals surface area contributed by atoms with Gasteiger partial charge in [-0.25, -0.2) is 0 Å². The number of nitrogens with one attached hydrogen (secondary N) is 1. The average Bonchev–Trinajstić information content (AvgIpc) is 3.18. The second kappa shape index (κ2) is 6.88. The van der Waals surface area contributed by atoms with Crippen molar-refractivity contribution in [3.05, 3.63) is 46.3 Å². The number of hydrogen-bond acceptors (Lipinski definition) is 6. The van der Waals surface area contributed by atoms with Crippen LogP contribution in [0.2, 0.25) is 0 Å². The minimum atomic E-state index is -0.386. The van der Waals surface area contributed by atoms with Crippen molar-refractivity contribution in [2.24, 2.45) is 7.05 Å². The highest BCUT2D eigenvalue weighted by Crippen LogP contribution is 2.26. The normalized spacial score (nSPS) is 17.2. The topological polar surface area (TPSA) is 85.5 Å². The molecule has 0 amide bonds.